The summed E-state index contributed by atoms with van der Waals surface area (Å²) in [5, 5.41) is 12.4. The zero-order valence-corrected chi connectivity index (χ0v) is 8.21. The summed E-state index contributed by atoms with van der Waals surface area (Å²) in [5.74, 6) is 0. The van der Waals surface area contributed by atoms with Crippen molar-refractivity contribution in [1.29, 1.82) is 0 Å². The van der Waals surface area contributed by atoms with Crippen molar-refractivity contribution in [2.45, 2.75) is 37.8 Å². The van der Waals surface area contributed by atoms with Crippen LogP contribution in [0.1, 0.15) is 25.7 Å². The van der Waals surface area contributed by atoms with Gasteiger partial charge in [0.15, 0.2) is 0 Å². The van der Waals surface area contributed by atoms with Crippen molar-refractivity contribution < 1.29 is 5.11 Å². The Morgan fingerprint density at radius 2 is 2.08 bits per heavy atom. The van der Waals surface area contributed by atoms with Gasteiger partial charge in [-0.2, -0.15) is 0 Å². The van der Waals surface area contributed by atoms with Crippen LogP contribution in [0.4, 0.5) is 0 Å². The molecule has 0 aromatic rings. The monoisotopic (exact) mass is 184 g/mol. The SMILES string of the molecule is OCCN(C1CCC1)C1CCNC1. The van der Waals surface area contributed by atoms with E-state index in [0.29, 0.717) is 12.6 Å². The quantitative estimate of drug-likeness (QED) is 0.655. The van der Waals surface area contributed by atoms with Gasteiger partial charge in [0, 0.05) is 25.2 Å². The molecule has 0 bridgehead atoms. The second-order valence-electron chi connectivity index (χ2n) is 4.19. The fraction of sp³-hybridized carbons (Fsp3) is 1.00. The van der Waals surface area contributed by atoms with Gasteiger partial charge in [-0.1, -0.05) is 6.42 Å². The van der Waals surface area contributed by atoms with Crippen molar-refractivity contribution in [3.63, 3.8) is 0 Å². The van der Waals surface area contributed by atoms with Gasteiger partial charge >= 0.3 is 0 Å². The molecular formula is C10H20N2O. The summed E-state index contributed by atoms with van der Waals surface area (Å²) in [4.78, 5) is 2.52. The van der Waals surface area contributed by atoms with E-state index in [9.17, 15) is 0 Å². The Hall–Kier alpha value is -0.120. The summed E-state index contributed by atoms with van der Waals surface area (Å²) in [7, 11) is 0. The normalized spacial score (nSPS) is 29.5. The second-order valence-corrected chi connectivity index (χ2v) is 4.19. The van der Waals surface area contributed by atoms with E-state index in [1.165, 1.54) is 25.7 Å². The zero-order chi connectivity index (χ0) is 9.10. The molecule has 0 aromatic carbocycles. The van der Waals surface area contributed by atoms with Gasteiger partial charge in [-0.25, -0.2) is 0 Å². The summed E-state index contributed by atoms with van der Waals surface area (Å²) >= 11 is 0. The van der Waals surface area contributed by atoms with Crippen LogP contribution in [0, 0.1) is 0 Å². The van der Waals surface area contributed by atoms with Crippen molar-refractivity contribution in [3.05, 3.63) is 0 Å². The van der Waals surface area contributed by atoms with Crippen LogP contribution >= 0.6 is 0 Å². The number of nitrogens with zero attached hydrogens (tertiary/aromatic N) is 1. The number of nitrogens with one attached hydrogen (secondary N) is 1. The third-order valence-corrected chi connectivity index (χ3v) is 3.41. The topological polar surface area (TPSA) is 35.5 Å². The largest absolute Gasteiger partial charge is 0.395 e. The van der Waals surface area contributed by atoms with Gasteiger partial charge in [0.05, 0.1) is 6.61 Å². The van der Waals surface area contributed by atoms with Gasteiger partial charge in [0.2, 0.25) is 0 Å². The van der Waals surface area contributed by atoms with Gasteiger partial charge in [0.25, 0.3) is 0 Å². The summed E-state index contributed by atoms with van der Waals surface area (Å²) in [6, 6.07) is 1.47. The molecule has 3 heteroatoms. The Balaban J connectivity index is 1.86. The van der Waals surface area contributed by atoms with Gasteiger partial charge in [-0.3, -0.25) is 4.90 Å². The van der Waals surface area contributed by atoms with Crippen LogP contribution < -0.4 is 5.32 Å². The lowest BCUT2D eigenvalue weighted by molar-refractivity contribution is 0.0670. The Morgan fingerprint density at radius 1 is 1.23 bits per heavy atom. The van der Waals surface area contributed by atoms with Crippen LogP contribution in [0.2, 0.25) is 0 Å². The first-order valence-corrected chi connectivity index (χ1v) is 5.49. The molecule has 1 atom stereocenters. The average Bonchev–Trinajstić information content (AvgIpc) is 2.51. The molecule has 3 nitrogen and oxygen atoms in total. The van der Waals surface area contributed by atoms with Crippen molar-refractivity contribution in [3.8, 4) is 0 Å². The minimum Gasteiger partial charge on any atom is -0.395 e. The van der Waals surface area contributed by atoms with Crippen molar-refractivity contribution in [2.75, 3.05) is 26.2 Å². The predicted molar refractivity (Wildman–Crippen MR) is 52.7 cm³/mol. The second kappa shape index (κ2) is 4.40. The molecule has 1 heterocycles. The first-order valence-electron chi connectivity index (χ1n) is 5.49. The molecule has 0 radical (unpaired) electrons. The average molecular weight is 184 g/mol. The predicted octanol–water partition coefficient (Wildman–Crippen LogP) is 0.195. The number of aliphatic hydroxyl groups excluding tert-OH is 1. The molecule has 1 saturated heterocycles. The van der Waals surface area contributed by atoms with Crippen LogP contribution in [0.3, 0.4) is 0 Å². The zero-order valence-electron chi connectivity index (χ0n) is 8.21. The molecule has 1 aliphatic heterocycles. The molecule has 2 fully saturated rings. The van der Waals surface area contributed by atoms with Crippen LogP contribution in [-0.4, -0.2) is 48.3 Å². The van der Waals surface area contributed by atoms with Gasteiger partial charge < -0.3 is 10.4 Å². The number of hydrogen-bond acceptors (Lipinski definition) is 3. The molecule has 2 rings (SSSR count). The van der Waals surface area contributed by atoms with Crippen LogP contribution in [-0.2, 0) is 0 Å². The molecule has 0 spiro atoms. The third-order valence-electron chi connectivity index (χ3n) is 3.41. The summed E-state index contributed by atoms with van der Waals surface area (Å²) < 4.78 is 0. The molecule has 1 unspecified atom stereocenters. The van der Waals surface area contributed by atoms with Gasteiger partial charge in [-0.15, -0.1) is 0 Å². The summed E-state index contributed by atoms with van der Waals surface area (Å²) in [6.07, 6.45) is 5.33. The van der Waals surface area contributed by atoms with E-state index in [0.717, 1.165) is 25.7 Å². The maximum atomic E-state index is 9.00. The van der Waals surface area contributed by atoms with Crippen molar-refractivity contribution >= 4 is 0 Å². The van der Waals surface area contributed by atoms with E-state index in [2.05, 4.69) is 10.2 Å². The first-order chi connectivity index (χ1) is 6.42. The third kappa shape index (κ3) is 2.03. The molecule has 13 heavy (non-hydrogen) atoms. The van der Waals surface area contributed by atoms with E-state index in [4.69, 9.17) is 5.11 Å². The number of aliphatic hydroxyl groups is 1. The lowest BCUT2D eigenvalue weighted by Crippen LogP contribution is -2.48. The highest BCUT2D eigenvalue weighted by Gasteiger charge is 2.31. The minimum absolute atomic E-state index is 0.313. The Labute approximate surface area is 80.1 Å². The highest BCUT2D eigenvalue weighted by Crippen LogP contribution is 2.27. The van der Waals surface area contributed by atoms with E-state index < -0.39 is 0 Å². The highest BCUT2D eigenvalue weighted by molar-refractivity contribution is 4.88. The van der Waals surface area contributed by atoms with Crippen molar-refractivity contribution in [2.24, 2.45) is 0 Å². The van der Waals surface area contributed by atoms with Crippen LogP contribution in [0.25, 0.3) is 0 Å². The molecule has 76 valence electrons. The summed E-state index contributed by atoms with van der Waals surface area (Å²) in [5.41, 5.74) is 0. The Kier molecular flexibility index (Phi) is 3.19. The highest BCUT2D eigenvalue weighted by atomic mass is 16.3. The van der Waals surface area contributed by atoms with Crippen LogP contribution in [0.5, 0.6) is 0 Å². The minimum atomic E-state index is 0.313. The fourth-order valence-electron chi connectivity index (χ4n) is 2.42. The molecule has 1 saturated carbocycles. The molecule has 0 amide bonds. The van der Waals surface area contributed by atoms with Gasteiger partial charge in [0.1, 0.15) is 0 Å². The van der Waals surface area contributed by atoms with E-state index in [-0.39, 0.29) is 0 Å². The maximum Gasteiger partial charge on any atom is 0.0558 e. The number of rotatable bonds is 4. The first kappa shape index (κ1) is 9.44. The van der Waals surface area contributed by atoms with Gasteiger partial charge in [-0.05, 0) is 25.8 Å². The Bertz CT molecular complexity index is 153. The number of hydrogen-bond donors (Lipinski definition) is 2. The van der Waals surface area contributed by atoms with E-state index in [1.807, 2.05) is 0 Å². The van der Waals surface area contributed by atoms with E-state index >= 15 is 0 Å². The lowest BCUT2D eigenvalue weighted by Gasteiger charge is -2.40. The fourth-order valence-corrected chi connectivity index (χ4v) is 2.42. The molecule has 1 aliphatic carbocycles. The molecule has 0 aromatic heterocycles. The standard InChI is InChI=1S/C10H20N2O/c13-7-6-12(9-2-1-3-9)10-4-5-11-8-10/h9-11,13H,1-8H2. The lowest BCUT2D eigenvalue weighted by atomic mass is 9.90. The smallest absolute Gasteiger partial charge is 0.0558 e. The molecular weight excluding hydrogens is 164 g/mol. The maximum absolute atomic E-state index is 9.00. The summed E-state index contributed by atoms with van der Waals surface area (Å²) in [6.45, 7) is 3.46. The van der Waals surface area contributed by atoms with Crippen LogP contribution in [0.15, 0.2) is 0 Å². The van der Waals surface area contributed by atoms with Crippen molar-refractivity contribution in [1.82, 2.24) is 10.2 Å². The Morgan fingerprint density at radius 3 is 2.54 bits per heavy atom. The molecule has 2 N–H and O–H groups in total. The van der Waals surface area contributed by atoms with E-state index in [1.54, 1.807) is 0 Å². The molecule has 2 aliphatic rings.